The standard InChI is InChI=1S/C18H21N7O3S/c1-11-2-4-13(5-3-11)29(27,28)23-7-12-6-15(26)16(12)14-8-21-17(19)18(24-14)25-10-20-9-22-25/h2-5,8-10,12,15-16,23,26H,6-7H2,1H3,(H2,19,21)/t12-,15+,16+/m1/s1. The maximum Gasteiger partial charge on any atom is 0.240 e. The average molecular weight is 415 g/mol. The predicted molar refractivity (Wildman–Crippen MR) is 105 cm³/mol. The Morgan fingerprint density at radius 2 is 2.07 bits per heavy atom. The van der Waals surface area contributed by atoms with Crippen molar-refractivity contribution in [3.05, 3.63) is 54.4 Å². The van der Waals surface area contributed by atoms with Gasteiger partial charge in [-0.2, -0.15) is 9.78 Å². The van der Waals surface area contributed by atoms with Gasteiger partial charge in [0.2, 0.25) is 10.0 Å². The third kappa shape index (κ3) is 3.84. The predicted octanol–water partition coefficient (Wildman–Crippen LogP) is 0.391. The number of rotatable bonds is 6. The second-order valence-electron chi connectivity index (χ2n) is 7.10. The van der Waals surface area contributed by atoms with Gasteiger partial charge in [0.1, 0.15) is 12.7 Å². The summed E-state index contributed by atoms with van der Waals surface area (Å²) in [6.45, 7) is 2.08. The fourth-order valence-electron chi connectivity index (χ4n) is 3.44. The molecule has 4 N–H and O–H groups in total. The van der Waals surface area contributed by atoms with Crippen molar-refractivity contribution in [3.63, 3.8) is 0 Å². The minimum absolute atomic E-state index is 0.119. The van der Waals surface area contributed by atoms with Gasteiger partial charge in [-0.1, -0.05) is 17.7 Å². The molecule has 29 heavy (non-hydrogen) atoms. The summed E-state index contributed by atoms with van der Waals surface area (Å²) >= 11 is 0. The van der Waals surface area contributed by atoms with Crippen molar-refractivity contribution in [1.82, 2.24) is 29.5 Å². The number of aliphatic hydroxyl groups is 1. The van der Waals surface area contributed by atoms with Crippen LogP contribution in [-0.2, 0) is 10.0 Å². The van der Waals surface area contributed by atoms with Crippen molar-refractivity contribution in [2.75, 3.05) is 12.3 Å². The number of anilines is 1. The zero-order valence-electron chi connectivity index (χ0n) is 15.7. The monoisotopic (exact) mass is 415 g/mol. The van der Waals surface area contributed by atoms with Gasteiger partial charge in [0, 0.05) is 12.5 Å². The highest BCUT2D eigenvalue weighted by molar-refractivity contribution is 7.89. The van der Waals surface area contributed by atoms with Crippen LogP contribution in [0.1, 0.15) is 23.6 Å². The second kappa shape index (κ2) is 7.50. The van der Waals surface area contributed by atoms with Crippen molar-refractivity contribution in [1.29, 1.82) is 0 Å². The SMILES string of the molecule is Cc1ccc(S(=O)(=O)NC[C@H]2C[C@H](O)[C@@H]2c2cnc(N)c(-n3cncn3)n2)cc1. The van der Waals surface area contributed by atoms with Crippen LogP contribution in [0.5, 0.6) is 0 Å². The van der Waals surface area contributed by atoms with Gasteiger partial charge in [-0.15, -0.1) is 0 Å². The Morgan fingerprint density at radius 1 is 1.31 bits per heavy atom. The van der Waals surface area contributed by atoms with Crippen LogP contribution in [0, 0.1) is 12.8 Å². The lowest BCUT2D eigenvalue weighted by Gasteiger charge is -2.41. The van der Waals surface area contributed by atoms with Crippen molar-refractivity contribution >= 4 is 15.8 Å². The van der Waals surface area contributed by atoms with E-state index in [1.807, 2.05) is 6.92 Å². The first kappa shape index (κ1) is 19.4. The van der Waals surface area contributed by atoms with Gasteiger partial charge in [-0.05, 0) is 31.4 Å². The summed E-state index contributed by atoms with van der Waals surface area (Å²) in [5, 5.41) is 14.3. The number of sulfonamides is 1. The number of benzene rings is 1. The molecule has 0 amide bonds. The number of nitrogen functional groups attached to an aromatic ring is 1. The van der Waals surface area contributed by atoms with E-state index in [9.17, 15) is 13.5 Å². The Hall–Kier alpha value is -2.89. The normalized spacial score (nSPS) is 21.7. The number of aromatic nitrogens is 5. The fraction of sp³-hybridized carbons (Fsp3) is 0.333. The van der Waals surface area contributed by atoms with Crippen molar-refractivity contribution < 1.29 is 13.5 Å². The topological polar surface area (TPSA) is 149 Å². The van der Waals surface area contributed by atoms with Gasteiger partial charge in [-0.3, -0.25) is 0 Å². The molecule has 0 spiro atoms. The van der Waals surface area contributed by atoms with Crippen molar-refractivity contribution in [2.24, 2.45) is 5.92 Å². The highest BCUT2D eigenvalue weighted by Crippen LogP contribution is 2.42. The molecule has 1 aliphatic rings. The molecule has 152 valence electrons. The first-order chi connectivity index (χ1) is 13.8. The van der Waals surface area contributed by atoms with Crippen LogP contribution in [0.4, 0.5) is 5.82 Å². The van der Waals surface area contributed by atoms with Crippen LogP contribution in [0.2, 0.25) is 0 Å². The maximum atomic E-state index is 12.5. The Morgan fingerprint density at radius 3 is 2.72 bits per heavy atom. The maximum absolute atomic E-state index is 12.5. The Labute approximate surface area is 167 Å². The molecule has 10 nitrogen and oxygen atoms in total. The van der Waals surface area contributed by atoms with E-state index in [1.165, 1.54) is 23.5 Å². The molecule has 1 saturated carbocycles. The molecule has 4 rings (SSSR count). The smallest absolute Gasteiger partial charge is 0.240 e. The first-order valence-electron chi connectivity index (χ1n) is 9.07. The lowest BCUT2D eigenvalue weighted by molar-refractivity contribution is 0.0119. The summed E-state index contributed by atoms with van der Waals surface area (Å²) in [5.41, 5.74) is 7.40. The first-order valence-corrected chi connectivity index (χ1v) is 10.6. The van der Waals surface area contributed by atoms with E-state index < -0.39 is 16.1 Å². The number of aryl methyl sites for hydroxylation is 1. The highest BCUT2D eigenvalue weighted by atomic mass is 32.2. The summed E-state index contributed by atoms with van der Waals surface area (Å²) in [4.78, 5) is 12.7. The van der Waals surface area contributed by atoms with E-state index in [0.717, 1.165) is 5.56 Å². The average Bonchev–Trinajstić information content (AvgIpc) is 3.21. The molecule has 0 bridgehead atoms. The van der Waals surface area contributed by atoms with Gasteiger partial charge in [-0.25, -0.2) is 28.1 Å². The minimum Gasteiger partial charge on any atom is -0.392 e. The Balaban J connectivity index is 1.51. The second-order valence-corrected chi connectivity index (χ2v) is 8.86. The fourth-order valence-corrected chi connectivity index (χ4v) is 4.53. The quantitative estimate of drug-likeness (QED) is 0.523. The summed E-state index contributed by atoms with van der Waals surface area (Å²) in [7, 11) is -3.63. The number of nitrogens with one attached hydrogen (secondary N) is 1. The summed E-state index contributed by atoms with van der Waals surface area (Å²) < 4.78 is 29.1. The number of nitrogens with two attached hydrogens (primary N) is 1. The zero-order valence-corrected chi connectivity index (χ0v) is 16.5. The van der Waals surface area contributed by atoms with Crippen LogP contribution in [0.15, 0.2) is 48.0 Å². The molecule has 0 saturated heterocycles. The molecule has 3 aromatic rings. The van der Waals surface area contributed by atoms with Gasteiger partial charge >= 0.3 is 0 Å². The largest absolute Gasteiger partial charge is 0.392 e. The van der Waals surface area contributed by atoms with E-state index in [1.54, 1.807) is 24.3 Å². The minimum atomic E-state index is -3.63. The molecule has 0 radical (unpaired) electrons. The zero-order chi connectivity index (χ0) is 20.6. The molecule has 2 heterocycles. The molecule has 11 heteroatoms. The molecule has 1 aromatic carbocycles. The molecule has 0 aliphatic heterocycles. The van der Waals surface area contributed by atoms with Gasteiger partial charge in [0.15, 0.2) is 11.6 Å². The van der Waals surface area contributed by atoms with E-state index in [2.05, 4.69) is 24.8 Å². The Kier molecular flexibility index (Phi) is 5.03. The van der Waals surface area contributed by atoms with Gasteiger partial charge in [0.05, 0.1) is 22.9 Å². The van der Waals surface area contributed by atoms with E-state index in [-0.39, 0.29) is 29.1 Å². The molecule has 2 aromatic heterocycles. The molecule has 1 aliphatic carbocycles. The number of aliphatic hydroxyl groups excluding tert-OH is 1. The summed E-state index contributed by atoms with van der Waals surface area (Å²) in [5.74, 6) is 0.0283. The lowest BCUT2D eigenvalue weighted by atomic mass is 9.69. The van der Waals surface area contributed by atoms with Crippen LogP contribution in [0.25, 0.3) is 5.82 Å². The van der Waals surface area contributed by atoms with Gasteiger partial charge < -0.3 is 10.8 Å². The van der Waals surface area contributed by atoms with Crippen LogP contribution in [-0.4, -0.2) is 50.9 Å². The van der Waals surface area contributed by atoms with E-state index in [4.69, 9.17) is 5.73 Å². The van der Waals surface area contributed by atoms with Crippen molar-refractivity contribution in [2.45, 2.75) is 30.3 Å². The summed E-state index contributed by atoms with van der Waals surface area (Å²) in [6, 6.07) is 6.64. The van der Waals surface area contributed by atoms with E-state index >= 15 is 0 Å². The van der Waals surface area contributed by atoms with Crippen LogP contribution < -0.4 is 10.5 Å². The van der Waals surface area contributed by atoms with Crippen LogP contribution in [0.3, 0.4) is 0 Å². The lowest BCUT2D eigenvalue weighted by Crippen LogP contribution is -2.46. The third-order valence-electron chi connectivity index (χ3n) is 5.11. The molecule has 1 fully saturated rings. The number of hydrogen-bond acceptors (Lipinski definition) is 8. The van der Waals surface area contributed by atoms with Crippen molar-refractivity contribution in [3.8, 4) is 5.82 Å². The third-order valence-corrected chi connectivity index (χ3v) is 6.55. The van der Waals surface area contributed by atoms with Crippen LogP contribution >= 0.6 is 0 Å². The molecule has 3 atom stereocenters. The van der Waals surface area contributed by atoms with E-state index in [0.29, 0.717) is 17.9 Å². The Bertz CT molecular complexity index is 1100. The molecular formula is C18H21N7O3S. The molecular weight excluding hydrogens is 394 g/mol. The molecule has 0 unspecified atom stereocenters. The van der Waals surface area contributed by atoms with Gasteiger partial charge in [0.25, 0.3) is 0 Å². The highest BCUT2D eigenvalue weighted by Gasteiger charge is 2.42. The summed E-state index contributed by atoms with van der Waals surface area (Å²) in [6.07, 6.45) is 4.14. The number of nitrogens with zero attached hydrogens (tertiary/aromatic N) is 5. The number of hydrogen-bond donors (Lipinski definition) is 3.